The third-order valence-electron chi connectivity index (χ3n) is 6.20. The third-order valence-corrected chi connectivity index (χ3v) is 7.17. The second-order valence-corrected chi connectivity index (χ2v) is 9.81. The van der Waals surface area contributed by atoms with Crippen LogP contribution < -0.4 is 15.0 Å². The maximum Gasteiger partial charge on any atom is 0.234 e. The van der Waals surface area contributed by atoms with Gasteiger partial charge >= 0.3 is 0 Å². The summed E-state index contributed by atoms with van der Waals surface area (Å²) in [5.41, 5.74) is 2.09. The number of amides is 1. The first-order valence-electron chi connectivity index (χ1n) is 12.1. The number of fused-ring (bicyclic) bond motifs is 3. The zero-order chi connectivity index (χ0) is 24.9. The van der Waals surface area contributed by atoms with Crippen LogP contribution in [0.25, 0.3) is 21.9 Å². The van der Waals surface area contributed by atoms with E-state index in [9.17, 15) is 4.79 Å². The summed E-state index contributed by atoms with van der Waals surface area (Å²) in [6.07, 6.45) is 3.10. The lowest BCUT2D eigenvalue weighted by atomic mass is 10.1. The topological polar surface area (TPSA) is 86.6 Å². The molecule has 2 aromatic heterocycles. The summed E-state index contributed by atoms with van der Waals surface area (Å²) in [5.74, 6) is 1.66. The van der Waals surface area contributed by atoms with Gasteiger partial charge in [-0.05, 0) is 18.6 Å². The number of nitrogens with zero attached hydrogens (tertiary/aromatic N) is 3. The highest BCUT2D eigenvalue weighted by molar-refractivity contribution is 7.99. The molecule has 0 unspecified atom stereocenters. The van der Waals surface area contributed by atoms with E-state index in [2.05, 4.69) is 48.0 Å². The number of para-hydroxylation sites is 1. The van der Waals surface area contributed by atoms with Crippen LogP contribution in [0.5, 0.6) is 5.75 Å². The van der Waals surface area contributed by atoms with Gasteiger partial charge in [0.05, 0.1) is 32.6 Å². The summed E-state index contributed by atoms with van der Waals surface area (Å²) in [6.45, 7) is 5.19. The fraction of sp³-hybridized carbons (Fsp3) is 0.423. The highest BCUT2D eigenvalue weighted by Gasteiger charge is 2.25. The standard InChI is InChI=1S/C26H33N5O3S/c1-6-8-13-31-25(20(7-2)30(3)4)28-29-26(31)35-16-24(32)27-19-15-22-18(14-23(19)33-5)17-11-9-10-12-21(17)34-22/h9-12,14-15,20H,6-8,13,16H2,1-5H3,(H,27,32)/p+1/t20-/m1/s1. The minimum absolute atomic E-state index is 0.138. The largest absolute Gasteiger partial charge is 0.495 e. The zero-order valence-electron chi connectivity index (χ0n) is 21.1. The van der Waals surface area contributed by atoms with Gasteiger partial charge in [-0.1, -0.05) is 50.2 Å². The number of hydrogen-bond donors (Lipinski definition) is 2. The molecule has 0 saturated carbocycles. The molecular weight excluding hydrogens is 462 g/mol. The van der Waals surface area contributed by atoms with E-state index in [0.29, 0.717) is 17.0 Å². The Labute approximate surface area is 210 Å². The summed E-state index contributed by atoms with van der Waals surface area (Å²) in [6, 6.07) is 11.9. The fourth-order valence-corrected chi connectivity index (χ4v) is 5.15. The number of unbranched alkanes of at least 4 members (excludes halogenated alkanes) is 1. The van der Waals surface area contributed by atoms with E-state index < -0.39 is 0 Å². The Kier molecular flexibility index (Phi) is 7.97. The Hall–Kier alpha value is -3.04. The molecule has 9 heteroatoms. The van der Waals surface area contributed by atoms with Crippen LogP contribution in [0.2, 0.25) is 0 Å². The lowest BCUT2D eigenvalue weighted by Gasteiger charge is -2.20. The van der Waals surface area contributed by atoms with Gasteiger partial charge in [-0.25, -0.2) is 0 Å². The number of nitrogens with one attached hydrogen (secondary N) is 2. The van der Waals surface area contributed by atoms with Crippen molar-refractivity contribution in [2.75, 3.05) is 32.3 Å². The molecular formula is C26H34N5O3S+. The summed E-state index contributed by atoms with van der Waals surface area (Å²) in [5, 5.41) is 14.7. The Morgan fingerprint density at radius 2 is 1.97 bits per heavy atom. The number of carbonyl (C=O) groups excluding carboxylic acids is 1. The Morgan fingerprint density at radius 3 is 2.69 bits per heavy atom. The molecule has 0 aliphatic heterocycles. The van der Waals surface area contributed by atoms with Crippen LogP contribution in [0.3, 0.4) is 0 Å². The number of aromatic nitrogens is 3. The lowest BCUT2D eigenvalue weighted by molar-refractivity contribution is -0.893. The molecule has 0 spiro atoms. The normalized spacial score (nSPS) is 12.5. The van der Waals surface area contributed by atoms with Crippen molar-refractivity contribution in [3.8, 4) is 5.75 Å². The monoisotopic (exact) mass is 496 g/mol. The average molecular weight is 497 g/mol. The molecule has 4 rings (SSSR count). The molecule has 8 nitrogen and oxygen atoms in total. The van der Waals surface area contributed by atoms with Crippen molar-refractivity contribution in [2.24, 2.45) is 0 Å². The van der Waals surface area contributed by atoms with Gasteiger partial charge in [0.25, 0.3) is 0 Å². The number of hydrogen-bond acceptors (Lipinski definition) is 6. The third kappa shape index (κ3) is 5.31. The average Bonchev–Trinajstić information content (AvgIpc) is 3.41. The molecule has 0 saturated heterocycles. The number of anilines is 1. The van der Waals surface area contributed by atoms with Crippen molar-refractivity contribution in [1.29, 1.82) is 0 Å². The van der Waals surface area contributed by atoms with Gasteiger partial charge in [-0.2, -0.15) is 0 Å². The van der Waals surface area contributed by atoms with Gasteiger partial charge in [-0.15, -0.1) is 10.2 Å². The molecule has 35 heavy (non-hydrogen) atoms. The van der Waals surface area contributed by atoms with Crippen LogP contribution in [0.1, 0.15) is 45.0 Å². The highest BCUT2D eigenvalue weighted by Crippen LogP contribution is 2.36. The van der Waals surface area contributed by atoms with E-state index in [1.807, 2.05) is 36.4 Å². The Balaban J connectivity index is 1.52. The van der Waals surface area contributed by atoms with E-state index in [1.165, 1.54) is 16.7 Å². The second kappa shape index (κ2) is 11.1. The molecule has 186 valence electrons. The van der Waals surface area contributed by atoms with Crippen molar-refractivity contribution in [3.63, 3.8) is 0 Å². The number of thioether (sulfide) groups is 1. The molecule has 1 amide bonds. The van der Waals surface area contributed by atoms with Gasteiger partial charge in [-0.3, -0.25) is 4.79 Å². The molecule has 0 radical (unpaired) electrons. The predicted octanol–water partition coefficient (Wildman–Crippen LogP) is 4.31. The smallest absolute Gasteiger partial charge is 0.234 e. The van der Waals surface area contributed by atoms with Crippen LogP contribution in [0.4, 0.5) is 5.69 Å². The number of rotatable bonds is 11. The SMILES string of the molecule is CCCCn1c(SCC(=O)Nc2cc3oc4ccccc4c3cc2OC)nnc1[C@@H](CC)[NH+](C)C. The summed E-state index contributed by atoms with van der Waals surface area (Å²) < 4.78 is 13.7. The van der Waals surface area contributed by atoms with Crippen LogP contribution >= 0.6 is 11.8 Å². The van der Waals surface area contributed by atoms with Gasteiger partial charge < -0.3 is 23.9 Å². The predicted molar refractivity (Wildman–Crippen MR) is 140 cm³/mol. The van der Waals surface area contributed by atoms with Crippen molar-refractivity contribution in [3.05, 3.63) is 42.2 Å². The van der Waals surface area contributed by atoms with Gasteiger partial charge in [0.15, 0.2) is 11.0 Å². The summed E-state index contributed by atoms with van der Waals surface area (Å²) in [7, 11) is 5.88. The van der Waals surface area contributed by atoms with Crippen molar-refractivity contribution in [1.82, 2.24) is 14.8 Å². The molecule has 0 fully saturated rings. The first-order valence-corrected chi connectivity index (χ1v) is 13.1. The molecule has 0 bridgehead atoms. The molecule has 2 heterocycles. The zero-order valence-corrected chi connectivity index (χ0v) is 21.9. The number of methoxy groups -OCH3 is 1. The van der Waals surface area contributed by atoms with Crippen LogP contribution in [0.15, 0.2) is 46.0 Å². The number of quaternary nitrogens is 1. The molecule has 2 N–H and O–H groups in total. The number of carbonyl (C=O) groups is 1. The van der Waals surface area contributed by atoms with Gasteiger partial charge in [0.2, 0.25) is 5.91 Å². The van der Waals surface area contributed by atoms with E-state index in [-0.39, 0.29) is 17.7 Å². The Bertz CT molecular complexity index is 1310. The first-order chi connectivity index (χ1) is 17.0. The van der Waals surface area contributed by atoms with Crippen LogP contribution in [0, 0.1) is 0 Å². The number of benzene rings is 2. The van der Waals surface area contributed by atoms with E-state index in [0.717, 1.165) is 53.1 Å². The minimum Gasteiger partial charge on any atom is -0.495 e. The van der Waals surface area contributed by atoms with Crippen LogP contribution in [-0.2, 0) is 11.3 Å². The van der Waals surface area contributed by atoms with Crippen LogP contribution in [-0.4, -0.2) is 47.6 Å². The highest BCUT2D eigenvalue weighted by atomic mass is 32.2. The molecule has 4 aromatic rings. The fourth-order valence-electron chi connectivity index (χ4n) is 4.37. The van der Waals surface area contributed by atoms with Crippen molar-refractivity contribution >= 4 is 45.3 Å². The summed E-state index contributed by atoms with van der Waals surface area (Å²) in [4.78, 5) is 14.2. The molecule has 2 aromatic carbocycles. The second-order valence-electron chi connectivity index (χ2n) is 8.87. The van der Waals surface area contributed by atoms with Crippen molar-refractivity contribution < 1.29 is 18.8 Å². The van der Waals surface area contributed by atoms with Gasteiger partial charge in [0, 0.05) is 29.8 Å². The summed E-state index contributed by atoms with van der Waals surface area (Å²) >= 11 is 1.41. The van der Waals surface area contributed by atoms with Crippen molar-refractivity contribution in [2.45, 2.75) is 50.9 Å². The number of furan rings is 1. The molecule has 0 aliphatic carbocycles. The van der Waals surface area contributed by atoms with E-state index >= 15 is 0 Å². The van der Waals surface area contributed by atoms with Gasteiger partial charge in [0.1, 0.15) is 23.0 Å². The van der Waals surface area contributed by atoms with E-state index in [1.54, 1.807) is 7.11 Å². The quantitative estimate of drug-likeness (QED) is 0.301. The maximum absolute atomic E-state index is 12.9. The maximum atomic E-state index is 12.9. The molecule has 1 atom stereocenters. The Morgan fingerprint density at radius 1 is 1.17 bits per heavy atom. The lowest BCUT2D eigenvalue weighted by Crippen LogP contribution is -3.06. The van der Waals surface area contributed by atoms with E-state index in [4.69, 9.17) is 9.15 Å². The first kappa shape index (κ1) is 25.1. The minimum atomic E-state index is -0.138. The number of ether oxygens (including phenoxy) is 1. The molecule has 0 aliphatic rings.